The molecular formula is C10H20N2O5S. The number of nitrogens with two attached hydrogens (primary N) is 1. The molecule has 0 unspecified atom stereocenters. The molecular weight excluding hydrogens is 260 g/mol. The van der Waals surface area contributed by atoms with Gasteiger partial charge in [-0.2, -0.15) is 0 Å². The SMILES string of the molecule is C[C@H](N)C(=O)N[C@H](C(C)(C)CC(=O)O)S(C)(=O)=O. The van der Waals surface area contributed by atoms with Gasteiger partial charge in [-0.25, -0.2) is 8.42 Å². The Bertz CT molecular complexity index is 428. The second kappa shape index (κ2) is 5.66. The molecule has 0 heterocycles. The van der Waals surface area contributed by atoms with Gasteiger partial charge in [0.25, 0.3) is 0 Å². The van der Waals surface area contributed by atoms with E-state index in [9.17, 15) is 18.0 Å². The van der Waals surface area contributed by atoms with Crippen LogP contribution in [0.1, 0.15) is 27.2 Å². The summed E-state index contributed by atoms with van der Waals surface area (Å²) in [5, 5.41) is 9.77. The Labute approximate surface area is 107 Å². The Morgan fingerprint density at radius 2 is 1.83 bits per heavy atom. The van der Waals surface area contributed by atoms with Gasteiger partial charge in [-0.3, -0.25) is 9.59 Å². The average molecular weight is 280 g/mol. The third kappa shape index (κ3) is 5.01. The standard InChI is InChI=1S/C10H20N2O5S/c1-6(11)8(15)12-9(18(4,16)17)10(2,3)5-7(13)14/h6,9H,5,11H2,1-4H3,(H,12,15)(H,13,14)/t6-,9-/m0/s1. The van der Waals surface area contributed by atoms with E-state index in [2.05, 4.69) is 5.32 Å². The van der Waals surface area contributed by atoms with Crippen molar-refractivity contribution < 1.29 is 23.1 Å². The van der Waals surface area contributed by atoms with Crippen LogP contribution in [0.25, 0.3) is 0 Å². The predicted molar refractivity (Wildman–Crippen MR) is 66.5 cm³/mol. The molecule has 0 bridgehead atoms. The van der Waals surface area contributed by atoms with Crippen LogP contribution >= 0.6 is 0 Å². The highest BCUT2D eigenvalue weighted by Crippen LogP contribution is 2.28. The van der Waals surface area contributed by atoms with Gasteiger partial charge in [0.1, 0.15) is 5.37 Å². The number of carbonyl (C=O) groups is 2. The van der Waals surface area contributed by atoms with Crippen molar-refractivity contribution in [2.45, 2.75) is 38.6 Å². The zero-order valence-corrected chi connectivity index (χ0v) is 11.7. The molecule has 0 aliphatic rings. The fraction of sp³-hybridized carbons (Fsp3) is 0.800. The van der Waals surface area contributed by atoms with Crippen molar-refractivity contribution in [3.05, 3.63) is 0 Å². The van der Waals surface area contributed by atoms with Gasteiger partial charge < -0.3 is 16.2 Å². The van der Waals surface area contributed by atoms with Gasteiger partial charge in [0.05, 0.1) is 12.5 Å². The average Bonchev–Trinajstić information content (AvgIpc) is 2.08. The molecule has 0 fully saturated rings. The van der Waals surface area contributed by atoms with Crippen molar-refractivity contribution in [3.8, 4) is 0 Å². The lowest BCUT2D eigenvalue weighted by atomic mass is 9.89. The van der Waals surface area contributed by atoms with Gasteiger partial charge in [-0.05, 0) is 6.92 Å². The second-order valence-electron chi connectivity index (χ2n) is 5.07. The van der Waals surface area contributed by atoms with Crippen molar-refractivity contribution in [3.63, 3.8) is 0 Å². The van der Waals surface area contributed by atoms with Crippen molar-refractivity contribution in [2.75, 3.05) is 6.26 Å². The van der Waals surface area contributed by atoms with Crippen LogP contribution in [0, 0.1) is 5.41 Å². The quantitative estimate of drug-likeness (QED) is 0.591. The maximum absolute atomic E-state index is 11.7. The number of hydrogen-bond acceptors (Lipinski definition) is 5. The summed E-state index contributed by atoms with van der Waals surface area (Å²) >= 11 is 0. The summed E-state index contributed by atoms with van der Waals surface area (Å²) in [6, 6.07) is -0.866. The molecule has 0 saturated carbocycles. The molecule has 0 aromatic carbocycles. The van der Waals surface area contributed by atoms with Gasteiger partial charge in [-0.1, -0.05) is 13.8 Å². The maximum Gasteiger partial charge on any atom is 0.304 e. The molecule has 0 radical (unpaired) electrons. The van der Waals surface area contributed by atoms with E-state index in [1.165, 1.54) is 20.8 Å². The van der Waals surface area contributed by atoms with E-state index in [4.69, 9.17) is 10.8 Å². The fourth-order valence-electron chi connectivity index (χ4n) is 1.63. The number of aliphatic carboxylic acids is 1. The first-order valence-electron chi connectivity index (χ1n) is 5.34. The van der Waals surface area contributed by atoms with E-state index < -0.39 is 38.5 Å². The van der Waals surface area contributed by atoms with E-state index >= 15 is 0 Å². The molecule has 8 heteroatoms. The number of carboxylic acids is 1. The lowest BCUT2D eigenvalue weighted by Gasteiger charge is -2.32. The summed E-state index contributed by atoms with van der Waals surface area (Å²) in [5.74, 6) is -1.77. The summed E-state index contributed by atoms with van der Waals surface area (Å²) in [5.41, 5.74) is 4.21. The minimum absolute atomic E-state index is 0.385. The third-order valence-electron chi connectivity index (χ3n) is 2.43. The van der Waals surface area contributed by atoms with Crippen molar-refractivity contribution in [2.24, 2.45) is 11.1 Å². The number of carbonyl (C=O) groups excluding carboxylic acids is 1. The van der Waals surface area contributed by atoms with Gasteiger partial charge in [-0.15, -0.1) is 0 Å². The normalized spacial score (nSPS) is 15.8. The second-order valence-corrected chi connectivity index (χ2v) is 7.20. The zero-order valence-electron chi connectivity index (χ0n) is 10.9. The van der Waals surface area contributed by atoms with Crippen LogP contribution in [-0.2, 0) is 19.4 Å². The van der Waals surface area contributed by atoms with Crippen LogP contribution in [0.15, 0.2) is 0 Å². The molecule has 7 nitrogen and oxygen atoms in total. The molecule has 0 saturated heterocycles. The number of sulfone groups is 1. The van der Waals surface area contributed by atoms with Crippen LogP contribution in [0.3, 0.4) is 0 Å². The van der Waals surface area contributed by atoms with E-state index in [1.54, 1.807) is 0 Å². The highest BCUT2D eigenvalue weighted by atomic mass is 32.2. The van der Waals surface area contributed by atoms with Gasteiger partial charge in [0, 0.05) is 11.7 Å². The number of nitrogens with one attached hydrogen (secondary N) is 1. The van der Waals surface area contributed by atoms with E-state index in [0.717, 1.165) is 6.26 Å². The summed E-state index contributed by atoms with van der Waals surface area (Å²) in [7, 11) is -3.65. The Kier molecular flexibility index (Phi) is 5.30. The fourth-order valence-corrected chi connectivity index (χ4v) is 3.20. The number of amides is 1. The van der Waals surface area contributed by atoms with Crippen molar-refractivity contribution in [1.29, 1.82) is 0 Å². The first kappa shape index (κ1) is 16.9. The first-order chi connectivity index (χ1) is 7.88. The van der Waals surface area contributed by atoms with Crippen molar-refractivity contribution in [1.82, 2.24) is 5.32 Å². The third-order valence-corrected chi connectivity index (χ3v) is 4.04. The highest BCUT2D eigenvalue weighted by molar-refractivity contribution is 7.91. The smallest absolute Gasteiger partial charge is 0.304 e. The summed E-state index contributed by atoms with van der Waals surface area (Å²) < 4.78 is 23.3. The van der Waals surface area contributed by atoms with Crippen molar-refractivity contribution >= 4 is 21.7 Å². The molecule has 0 aliphatic carbocycles. The Balaban J connectivity index is 5.26. The highest BCUT2D eigenvalue weighted by Gasteiger charge is 2.40. The molecule has 4 N–H and O–H groups in total. The molecule has 0 rings (SSSR count). The number of rotatable bonds is 6. The van der Waals surface area contributed by atoms with Crippen LogP contribution in [0.5, 0.6) is 0 Å². The Morgan fingerprint density at radius 1 is 1.39 bits per heavy atom. The largest absolute Gasteiger partial charge is 0.481 e. The molecule has 0 aromatic heterocycles. The number of hydrogen-bond donors (Lipinski definition) is 3. The topological polar surface area (TPSA) is 127 Å². The molecule has 1 amide bonds. The van der Waals surface area contributed by atoms with Crippen LogP contribution in [0.4, 0.5) is 0 Å². The molecule has 0 aliphatic heterocycles. The van der Waals surface area contributed by atoms with Gasteiger partial charge >= 0.3 is 5.97 Å². The molecule has 2 atom stereocenters. The molecule has 18 heavy (non-hydrogen) atoms. The van der Waals surface area contributed by atoms with E-state index in [-0.39, 0.29) is 6.42 Å². The lowest BCUT2D eigenvalue weighted by molar-refractivity contribution is -0.139. The number of carboxylic acid groups (broad SMARTS) is 1. The molecule has 106 valence electrons. The Hall–Kier alpha value is -1.15. The monoisotopic (exact) mass is 280 g/mol. The minimum atomic E-state index is -3.65. The molecule has 0 aromatic rings. The Morgan fingerprint density at radius 3 is 2.11 bits per heavy atom. The maximum atomic E-state index is 11.7. The lowest BCUT2D eigenvalue weighted by Crippen LogP contribution is -2.53. The van der Waals surface area contributed by atoms with Gasteiger partial charge in [0.2, 0.25) is 5.91 Å². The molecule has 0 spiro atoms. The predicted octanol–water partition coefficient (Wildman–Crippen LogP) is -0.679. The van der Waals surface area contributed by atoms with Gasteiger partial charge in [0.15, 0.2) is 9.84 Å². The van der Waals surface area contributed by atoms with Crippen LogP contribution in [-0.4, -0.2) is 43.1 Å². The first-order valence-corrected chi connectivity index (χ1v) is 7.30. The summed E-state index contributed by atoms with van der Waals surface area (Å²) in [6.07, 6.45) is 0.562. The minimum Gasteiger partial charge on any atom is -0.481 e. The van der Waals surface area contributed by atoms with Crippen LogP contribution in [0.2, 0.25) is 0 Å². The van der Waals surface area contributed by atoms with Crippen LogP contribution < -0.4 is 11.1 Å². The summed E-state index contributed by atoms with van der Waals surface area (Å²) in [4.78, 5) is 22.2. The van der Waals surface area contributed by atoms with E-state index in [1.807, 2.05) is 0 Å². The zero-order chi connectivity index (χ0) is 14.7. The summed E-state index contributed by atoms with van der Waals surface area (Å²) in [6.45, 7) is 4.35. The van der Waals surface area contributed by atoms with E-state index in [0.29, 0.717) is 0 Å².